The normalized spacial score (nSPS) is 28.6. The molecule has 0 bridgehead atoms. The first-order chi connectivity index (χ1) is 7.19. The van der Waals surface area contributed by atoms with Crippen molar-refractivity contribution in [2.24, 2.45) is 11.8 Å². The van der Waals surface area contributed by atoms with Crippen LogP contribution in [0.1, 0.15) is 47.0 Å². The molecule has 0 aromatic rings. The Hall–Kier alpha value is -0.0800. The van der Waals surface area contributed by atoms with Gasteiger partial charge in [-0.1, -0.05) is 27.7 Å². The van der Waals surface area contributed by atoms with E-state index in [9.17, 15) is 0 Å². The molecule has 1 aliphatic heterocycles. The van der Waals surface area contributed by atoms with Crippen LogP contribution in [0.2, 0.25) is 0 Å². The first kappa shape index (κ1) is 13.0. The second-order valence-corrected chi connectivity index (χ2v) is 5.03. The Morgan fingerprint density at radius 3 is 2.60 bits per heavy atom. The van der Waals surface area contributed by atoms with Crippen LogP contribution in [0.25, 0.3) is 0 Å². The average Bonchev–Trinajstić information content (AvgIpc) is 2.65. The molecule has 0 aliphatic carbocycles. The van der Waals surface area contributed by atoms with Gasteiger partial charge in [-0.25, -0.2) is 0 Å². The molecule has 0 amide bonds. The highest BCUT2D eigenvalue weighted by Crippen LogP contribution is 2.23. The lowest BCUT2D eigenvalue weighted by Gasteiger charge is -2.24. The Kier molecular flexibility index (Phi) is 5.62. The fourth-order valence-electron chi connectivity index (χ4n) is 2.53. The lowest BCUT2D eigenvalue weighted by atomic mass is 9.97. The Morgan fingerprint density at radius 1 is 1.33 bits per heavy atom. The summed E-state index contributed by atoms with van der Waals surface area (Å²) in [6.07, 6.45) is 4.12. The van der Waals surface area contributed by atoms with Gasteiger partial charge in [0.25, 0.3) is 0 Å². The minimum Gasteiger partial charge on any atom is -0.378 e. The molecule has 1 saturated heterocycles. The van der Waals surface area contributed by atoms with Crippen LogP contribution in [-0.2, 0) is 4.74 Å². The molecule has 1 fully saturated rings. The highest BCUT2D eigenvalue weighted by atomic mass is 16.5. The smallest absolute Gasteiger partial charge is 0.0613 e. The quantitative estimate of drug-likeness (QED) is 0.732. The van der Waals surface area contributed by atoms with Crippen molar-refractivity contribution >= 4 is 0 Å². The fraction of sp³-hybridized carbons (Fsp3) is 1.00. The van der Waals surface area contributed by atoms with E-state index in [2.05, 4.69) is 33.0 Å². The molecule has 0 aromatic carbocycles. The summed E-state index contributed by atoms with van der Waals surface area (Å²) in [6, 6.07) is 0.670. The van der Waals surface area contributed by atoms with Crippen LogP contribution in [0.15, 0.2) is 0 Å². The van der Waals surface area contributed by atoms with Crippen LogP contribution in [0.4, 0.5) is 0 Å². The summed E-state index contributed by atoms with van der Waals surface area (Å²) in [5.41, 5.74) is 0. The molecule has 2 nitrogen and oxygen atoms in total. The summed E-state index contributed by atoms with van der Waals surface area (Å²) in [6.45, 7) is 11.2. The van der Waals surface area contributed by atoms with Gasteiger partial charge in [-0.3, -0.25) is 0 Å². The van der Waals surface area contributed by atoms with Gasteiger partial charge in [-0.15, -0.1) is 0 Å². The Bertz CT molecular complexity index is 170. The van der Waals surface area contributed by atoms with Crippen molar-refractivity contribution in [2.45, 2.75) is 59.1 Å². The van der Waals surface area contributed by atoms with Gasteiger partial charge >= 0.3 is 0 Å². The van der Waals surface area contributed by atoms with Crippen molar-refractivity contribution in [1.29, 1.82) is 0 Å². The molecule has 15 heavy (non-hydrogen) atoms. The maximum atomic E-state index is 5.70. The zero-order chi connectivity index (χ0) is 11.3. The standard InChI is InChI=1S/C13H27NO/c1-5-12(10(3)4)14-9-11-7-8-15-13(11)6-2/h10-14H,5-9H2,1-4H3. The maximum absolute atomic E-state index is 5.70. The zero-order valence-corrected chi connectivity index (χ0v) is 10.8. The molecular weight excluding hydrogens is 186 g/mol. The SMILES string of the molecule is CCC(NCC1CCOC1CC)C(C)C. The molecule has 3 atom stereocenters. The van der Waals surface area contributed by atoms with E-state index in [4.69, 9.17) is 4.74 Å². The summed E-state index contributed by atoms with van der Waals surface area (Å²) in [7, 11) is 0. The van der Waals surface area contributed by atoms with Crippen molar-refractivity contribution in [3.05, 3.63) is 0 Å². The third-order valence-electron chi connectivity index (χ3n) is 3.64. The van der Waals surface area contributed by atoms with Gasteiger partial charge in [-0.2, -0.15) is 0 Å². The van der Waals surface area contributed by atoms with E-state index in [1.54, 1.807) is 0 Å². The summed E-state index contributed by atoms with van der Waals surface area (Å²) in [4.78, 5) is 0. The van der Waals surface area contributed by atoms with Gasteiger partial charge in [0.15, 0.2) is 0 Å². The molecule has 0 aromatic heterocycles. The summed E-state index contributed by atoms with van der Waals surface area (Å²) in [5.74, 6) is 1.47. The van der Waals surface area contributed by atoms with Crippen LogP contribution < -0.4 is 5.32 Å². The third kappa shape index (κ3) is 3.76. The molecule has 90 valence electrons. The Morgan fingerprint density at radius 2 is 2.07 bits per heavy atom. The Balaban J connectivity index is 2.28. The van der Waals surface area contributed by atoms with Gasteiger partial charge in [0.1, 0.15) is 0 Å². The van der Waals surface area contributed by atoms with Crippen molar-refractivity contribution < 1.29 is 4.74 Å². The monoisotopic (exact) mass is 213 g/mol. The summed E-state index contributed by atoms with van der Waals surface area (Å²) >= 11 is 0. The molecule has 0 saturated carbocycles. The third-order valence-corrected chi connectivity index (χ3v) is 3.64. The number of hydrogen-bond acceptors (Lipinski definition) is 2. The average molecular weight is 213 g/mol. The predicted molar refractivity (Wildman–Crippen MR) is 65.1 cm³/mol. The van der Waals surface area contributed by atoms with E-state index >= 15 is 0 Å². The van der Waals surface area contributed by atoms with Crippen molar-refractivity contribution in [1.82, 2.24) is 5.32 Å². The van der Waals surface area contributed by atoms with Crippen molar-refractivity contribution in [3.63, 3.8) is 0 Å². The second kappa shape index (κ2) is 6.49. The van der Waals surface area contributed by atoms with Gasteiger partial charge in [0.05, 0.1) is 6.10 Å². The zero-order valence-electron chi connectivity index (χ0n) is 10.8. The molecule has 3 unspecified atom stereocenters. The largest absolute Gasteiger partial charge is 0.378 e. The first-order valence-corrected chi connectivity index (χ1v) is 6.54. The highest BCUT2D eigenvalue weighted by molar-refractivity contribution is 4.79. The van der Waals surface area contributed by atoms with Crippen LogP contribution >= 0.6 is 0 Å². The topological polar surface area (TPSA) is 21.3 Å². The highest BCUT2D eigenvalue weighted by Gasteiger charge is 2.27. The summed E-state index contributed by atoms with van der Waals surface area (Å²) < 4.78 is 5.70. The molecule has 1 N–H and O–H groups in total. The lowest BCUT2D eigenvalue weighted by Crippen LogP contribution is -2.38. The van der Waals surface area contributed by atoms with Crippen molar-refractivity contribution in [3.8, 4) is 0 Å². The molecule has 2 heteroatoms. The molecular formula is C13H27NO. The van der Waals surface area contributed by atoms with E-state index in [1.165, 1.54) is 12.8 Å². The lowest BCUT2D eigenvalue weighted by molar-refractivity contribution is 0.0860. The first-order valence-electron chi connectivity index (χ1n) is 6.54. The van der Waals surface area contributed by atoms with E-state index in [0.717, 1.165) is 31.4 Å². The van der Waals surface area contributed by atoms with Gasteiger partial charge in [0.2, 0.25) is 0 Å². The molecule has 0 spiro atoms. The molecule has 1 aliphatic rings. The second-order valence-electron chi connectivity index (χ2n) is 5.03. The predicted octanol–water partition coefficient (Wildman–Crippen LogP) is 2.83. The van der Waals surface area contributed by atoms with E-state index in [0.29, 0.717) is 12.1 Å². The van der Waals surface area contributed by atoms with Gasteiger partial charge in [-0.05, 0) is 31.1 Å². The van der Waals surface area contributed by atoms with Crippen LogP contribution in [0, 0.1) is 11.8 Å². The molecule has 0 radical (unpaired) electrons. The van der Waals surface area contributed by atoms with E-state index in [1.807, 2.05) is 0 Å². The van der Waals surface area contributed by atoms with Gasteiger partial charge < -0.3 is 10.1 Å². The minimum atomic E-state index is 0.502. The van der Waals surface area contributed by atoms with Crippen molar-refractivity contribution in [2.75, 3.05) is 13.2 Å². The van der Waals surface area contributed by atoms with Gasteiger partial charge in [0, 0.05) is 19.2 Å². The molecule has 1 rings (SSSR count). The van der Waals surface area contributed by atoms with Crippen LogP contribution in [0.5, 0.6) is 0 Å². The number of hydrogen-bond donors (Lipinski definition) is 1. The van der Waals surface area contributed by atoms with E-state index < -0.39 is 0 Å². The van der Waals surface area contributed by atoms with E-state index in [-0.39, 0.29) is 0 Å². The van der Waals surface area contributed by atoms with Crippen LogP contribution in [0.3, 0.4) is 0 Å². The minimum absolute atomic E-state index is 0.502. The number of ether oxygens (including phenoxy) is 1. The number of nitrogens with one attached hydrogen (secondary N) is 1. The number of rotatable bonds is 6. The fourth-order valence-corrected chi connectivity index (χ4v) is 2.53. The van der Waals surface area contributed by atoms with Crippen LogP contribution in [-0.4, -0.2) is 25.3 Å². The maximum Gasteiger partial charge on any atom is 0.0613 e. The Labute approximate surface area is 94.8 Å². The summed E-state index contributed by atoms with van der Waals surface area (Å²) in [5, 5.41) is 3.70. The molecule has 1 heterocycles.